The minimum Gasteiger partial charge on any atom is -0.353 e. The Morgan fingerprint density at radius 3 is 2.65 bits per heavy atom. The van der Waals surface area contributed by atoms with Gasteiger partial charge in [0.15, 0.2) is 0 Å². The first-order valence-corrected chi connectivity index (χ1v) is 8.21. The van der Waals surface area contributed by atoms with Crippen LogP contribution in [-0.2, 0) is 4.79 Å². The average Bonchev–Trinajstić information content (AvgIpc) is 2.49. The molecule has 0 aliphatic heterocycles. The van der Waals surface area contributed by atoms with Crippen LogP contribution in [0.5, 0.6) is 0 Å². The molecule has 2 rings (SSSR count). The minimum absolute atomic E-state index is 0.0471. The molecule has 0 aromatic heterocycles. The molecule has 0 radical (unpaired) electrons. The maximum atomic E-state index is 12.6. The van der Waals surface area contributed by atoms with Gasteiger partial charge in [-0.1, -0.05) is 50.1 Å². The average molecular weight is 294 g/mol. The van der Waals surface area contributed by atoms with Gasteiger partial charge in [-0.2, -0.15) is 0 Å². The maximum absolute atomic E-state index is 12.6. The van der Waals surface area contributed by atoms with Crippen LogP contribution in [0.4, 0.5) is 0 Å². The van der Waals surface area contributed by atoms with Gasteiger partial charge >= 0.3 is 0 Å². The summed E-state index contributed by atoms with van der Waals surface area (Å²) in [5.41, 5.74) is 1.10. The third-order valence-electron chi connectivity index (χ3n) is 4.36. The molecule has 1 aromatic carbocycles. The van der Waals surface area contributed by atoms with Gasteiger partial charge in [0.05, 0.1) is 5.92 Å². The van der Waals surface area contributed by atoms with E-state index < -0.39 is 0 Å². The van der Waals surface area contributed by atoms with E-state index in [0.717, 1.165) is 24.8 Å². The quantitative estimate of drug-likeness (QED) is 0.814. The number of carbonyl (C=O) groups excluding carboxylic acids is 1. The Morgan fingerprint density at radius 1 is 1.30 bits per heavy atom. The standard InChI is InChI=1S/C17H24ClNO/c1-2-15(13-8-4-3-5-9-13)17(20)19-16-11-7-6-10-14(16)12-18/h3-5,8-9,14-16H,2,6-7,10-12H2,1H3,(H,19,20). The highest BCUT2D eigenvalue weighted by molar-refractivity contribution is 6.18. The Hall–Kier alpha value is -1.02. The molecule has 1 N–H and O–H groups in total. The van der Waals surface area contributed by atoms with Crippen molar-refractivity contribution in [2.24, 2.45) is 5.92 Å². The molecule has 110 valence electrons. The van der Waals surface area contributed by atoms with Crippen molar-refractivity contribution in [2.75, 3.05) is 5.88 Å². The Kier molecular flexibility index (Phi) is 5.90. The lowest BCUT2D eigenvalue weighted by Crippen LogP contribution is -2.44. The van der Waals surface area contributed by atoms with Crippen LogP contribution >= 0.6 is 11.6 Å². The van der Waals surface area contributed by atoms with Gasteiger partial charge in [-0.25, -0.2) is 0 Å². The van der Waals surface area contributed by atoms with Gasteiger partial charge in [0, 0.05) is 11.9 Å². The summed E-state index contributed by atoms with van der Waals surface area (Å²) in [4.78, 5) is 12.6. The number of hydrogen-bond donors (Lipinski definition) is 1. The highest BCUT2D eigenvalue weighted by atomic mass is 35.5. The second-order valence-electron chi connectivity index (χ2n) is 5.69. The van der Waals surface area contributed by atoms with Crippen molar-refractivity contribution >= 4 is 17.5 Å². The molecular formula is C17H24ClNO. The number of halogens is 1. The summed E-state index contributed by atoms with van der Waals surface area (Å²) in [6, 6.07) is 10.3. The SMILES string of the molecule is CCC(C(=O)NC1CCCCC1CCl)c1ccccc1. The van der Waals surface area contributed by atoms with E-state index in [1.165, 1.54) is 12.8 Å². The third-order valence-corrected chi connectivity index (χ3v) is 4.76. The lowest BCUT2D eigenvalue weighted by Gasteiger charge is -2.32. The molecule has 0 bridgehead atoms. The number of hydrogen-bond acceptors (Lipinski definition) is 1. The molecule has 1 aromatic rings. The number of amides is 1. The van der Waals surface area contributed by atoms with Crippen molar-refractivity contribution in [2.45, 2.75) is 51.0 Å². The summed E-state index contributed by atoms with van der Waals surface area (Å²) in [6.45, 7) is 2.07. The third kappa shape index (κ3) is 3.76. The zero-order chi connectivity index (χ0) is 14.4. The molecular weight excluding hydrogens is 270 g/mol. The molecule has 3 heteroatoms. The van der Waals surface area contributed by atoms with E-state index in [0.29, 0.717) is 11.8 Å². The Labute approximate surface area is 126 Å². The molecule has 1 aliphatic rings. The summed E-state index contributed by atoms with van der Waals surface area (Å²) < 4.78 is 0. The van der Waals surface area contributed by atoms with Crippen molar-refractivity contribution in [3.05, 3.63) is 35.9 Å². The van der Waals surface area contributed by atoms with Crippen LogP contribution in [0.25, 0.3) is 0 Å². The van der Waals surface area contributed by atoms with Crippen LogP contribution in [-0.4, -0.2) is 17.8 Å². The fraction of sp³-hybridized carbons (Fsp3) is 0.588. The maximum Gasteiger partial charge on any atom is 0.227 e. The van der Waals surface area contributed by atoms with Crippen molar-refractivity contribution in [1.82, 2.24) is 5.32 Å². The lowest BCUT2D eigenvalue weighted by atomic mass is 9.85. The number of benzene rings is 1. The van der Waals surface area contributed by atoms with E-state index in [4.69, 9.17) is 11.6 Å². The molecule has 1 saturated carbocycles. The topological polar surface area (TPSA) is 29.1 Å². The van der Waals surface area contributed by atoms with Crippen LogP contribution < -0.4 is 5.32 Å². The molecule has 20 heavy (non-hydrogen) atoms. The molecule has 0 saturated heterocycles. The lowest BCUT2D eigenvalue weighted by molar-refractivity contribution is -0.123. The number of carbonyl (C=O) groups is 1. The van der Waals surface area contributed by atoms with Crippen molar-refractivity contribution in [1.29, 1.82) is 0 Å². The molecule has 1 amide bonds. The molecule has 0 heterocycles. The highest BCUT2D eigenvalue weighted by Gasteiger charge is 2.28. The van der Waals surface area contributed by atoms with Gasteiger partial charge in [-0.3, -0.25) is 4.79 Å². The van der Waals surface area contributed by atoms with Gasteiger partial charge in [-0.15, -0.1) is 11.6 Å². The zero-order valence-corrected chi connectivity index (χ0v) is 12.9. The molecule has 3 unspecified atom stereocenters. The first-order chi connectivity index (χ1) is 9.76. The summed E-state index contributed by atoms with van der Waals surface area (Å²) in [7, 11) is 0. The first-order valence-electron chi connectivity index (χ1n) is 7.67. The minimum atomic E-state index is -0.0471. The van der Waals surface area contributed by atoms with Crippen molar-refractivity contribution < 1.29 is 4.79 Å². The van der Waals surface area contributed by atoms with Crippen LogP contribution in [0.1, 0.15) is 50.5 Å². The highest BCUT2D eigenvalue weighted by Crippen LogP contribution is 2.27. The largest absolute Gasteiger partial charge is 0.353 e. The summed E-state index contributed by atoms with van der Waals surface area (Å²) in [5.74, 6) is 1.19. The van der Waals surface area contributed by atoms with E-state index in [1.54, 1.807) is 0 Å². The Morgan fingerprint density at radius 2 is 2.00 bits per heavy atom. The van der Waals surface area contributed by atoms with Crippen molar-refractivity contribution in [3.63, 3.8) is 0 Å². The predicted octanol–water partition coefficient (Wildman–Crippen LogP) is 4.09. The predicted molar refractivity (Wildman–Crippen MR) is 84.1 cm³/mol. The fourth-order valence-corrected chi connectivity index (χ4v) is 3.49. The number of rotatable bonds is 5. The van der Waals surface area contributed by atoms with E-state index in [1.807, 2.05) is 30.3 Å². The first kappa shape index (κ1) is 15.4. The van der Waals surface area contributed by atoms with Crippen LogP contribution in [0.3, 0.4) is 0 Å². The van der Waals surface area contributed by atoms with Crippen LogP contribution in [0.2, 0.25) is 0 Å². The number of alkyl halides is 1. The molecule has 0 spiro atoms. The monoisotopic (exact) mass is 293 g/mol. The normalized spacial score (nSPS) is 24.1. The summed E-state index contributed by atoms with van der Waals surface area (Å²) in [5, 5.41) is 3.25. The molecule has 3 atom stereocenters. The Bertz CT molecular complexity index is 420. The molecule has 1 aliphatic carbocycles. The van der Waals surface area contributed by atoms with E-state index in [2.05, 4.69) is 12.2 Å². The van der Waals surface area contributed by atoms with Gasteiger partial charge in [0.2, 0.25) is 5.91 Å². The van der Waals surface area contributed by atoms with Gasteiger partial charge in [0.25, 0.3) is 0 Å². The van der Waals surface area contributed by atoms with Crippen molar-refractivity contribution in [3.8, 4) is 0 Å². The van der Waals surface area contributed by atoms with E-state index in [-0.39, 0.29) is 17.9 Å². The fourth-order valence-electron chi connectivity index (χ4n) is 3.12. The summed E-state index contributed by atoms with van der Waals surface area (Å²) >= 11 is 6.04. The van der Waals surface area contributed by atoms with Gasteiger partial charge in [0.1, 0.15) is 0 Å². The second-order valence-corrected chi connectivity index (χ2v) is 5.99. The molecule has 2 nitrogen and oxygen atoms in total. The number of nitrogens with one attached hydrogen (secondary N) is 1. The van der Waals surface area contributed by atoms with Gasteiger partial charge < -0.3 is 5.32 Å². The van der Waals surface area contributed by atoms with E-state index >= 15 is 0 Å². The zero-order valence-electron chi connectivity index (χ0n) is 12.1. The smallest absolute Gasteiger partial charge is 0.227 e. The molecule has 1 fully saturated rings. The van der Waals surface area contributed by atoms with Gasteiger partial charge in [-0.05, 0) is 30.7 Å². The second kappa shape index (κ2) is 7.68. The van der Waals surface area contributed by atoms with Crippen LogP contribution in [0.15, 0.2) is 30.3 Å². The Balaban J connectivity index is 2.02. The van der Waals surface area contributed by atoms with Crippen LogP contribution in [0, 0.1) is 5.92 Å². The summed E-state index contributed by atoms with van der Waals surface area (Å²) in [6.07, 6.45) is 5.46. The van der Waals surface area contributed by atoms with E-state index in [9.17, 15) is 4.79 Å².